The van der Waals surface area contributed by atoms with Crippen LogP contribution in [0.15, 0.2) is 36.4 Å². The van der Waals surface area contributed by atoms with E-state index in [4.69, 9.17) is 16.3 Å². The third kappa shape index (κ3) is 3.39. The Kier molecular flexibility index (Phi) is 4.65. The Hall–Kier alpha value is -2.41. The van der Waals surface area contributed by atoms with Crippen molar-refractivity contribution in [1.29, 1.82) is 0 Å². The minimum atomic E-state index is -4.93. The first-order valence-electron chi connectivity index (χ1n) is 8.96. The summed E-state index contributed by atoms with van der Waals surface area (Å²) in [5.74, 6) is -0.768. The number of carbonyl (C=O) groups is 1. The van der Waals surface area contributed by atoms with Crippen LogP contribution in [0.3, 0.4) is 0 Å². The molecular weight excluding hydrogens is 393 g/mol. The summed E-state index contributed by atoms with van der Waals surface area (Å²) in [5.41, 5.74) is 2.41. The lowest BCUT2D eigenvalue weighted by Gasteiger charge is -2.42. The van der Waals surface area contributed by atoms with Crippen molar-refractivity contribution >= 4 is 23.2 Å². The number of amides is 1. The average molecular weight is 411 g/mol. The molecule has 2 atom stereocenters. The molecule has 1 saturated heterocycles. The van der Waals surface area contributed by atoms with E-state index in [1.807, 2.05) is 30.0 Å². The Morgan fingerprint density at radius 1 is 1.21 bits per heavy atom. The van der Waals surface area contributed by atoms with Gasteiger partial charge in [0.15, 0.2) is 5.75 Å². The second-order valence-corrected chi connectivity index (χ2v) is 7.55. The van der Waals surface area contributed by atoms with Crippen molar-refractivity contribution in [1.82, 2.24) is 5.32 Å². The number of nitrogens with one attached hydrogen (secondary N) is 1. The maximum Gasteiger partial charge on any atom is 0.471 e. The smallest absolute Gasteiger partial charge is 0.455 e. The number of ether oxygens (including phenoxy) is 1. The minimum Gasteiger partial charge on any atom is -0.455 e. The normalized spacial score (nSPS) is 21.0. The van der Waals surface area contributed by atoms with E-state index in [-0.39, 0.29) is 0 Å². The summed E-state index contributed by atoms with van der Waals surface area (Å²) < 4.78 is 44.8. The number of halogens is 4. The topological polar surface area (TPSA) is 41.6 Å². The van der Waals surface area contributed by atoms with Gasteiger partial charge in [-0.05, 0) is 49.6 Å². The molecule has 2 aromatic rings. The highest BCUT2D eigenvalue weighted by atomic mass is 35.5. The van der Waals surface area contributed by atoms with E-state index in [1.165, 1.54) is 0 Å². The molecule has 1 amide bonds. The molecule has 1 N–H and O–H groups in total. The summed E-state index contributed by atoms with van der Waals surface area (Å²) in [7, 11) is 0. The van der Waals surface area contributed by atoms with Gasteiger partial charge in [0.1, 0.15) is 5.75 Å². The van der Waals surface area contributed by atoms with Crippen molar-refractivity contribution in [2.24, 2.45) is 0 Å². The summed E-state index contributed by atoms with van der Waals surface area (Å²) in [5, 5.41) is 2.70. The molecule has 0 spiro atoms. The van der Waals surface area contributed by atoms with E-state index in [2.05, 4.69) is 5.32 Å². The van der Waals surface area contributed by atoms with Gasteiger partial charge in [-0.3, -0.25) is 4.79 Å². The first-order valence-corrected chi connectivity index (χ1v) is 9.34. The highest BCUT2D eigenvalue weighted by Gasteiger charge is 2.44. The van der Waals surface area contributed by atoms with Crippen LogP contribution in [-0.2, 0) is 4.79 Å². The Balaban J connectivity index is 1.83. The molecule has 0 aromatic heterocycles. The van der Waals surface area contributed by atoms with Crippen LogP contribution in [0.2, 0.25) is 5.02 Å². The molecule has 148 valence electrons. The standard InChI is InChI=1S/C20H18ClF3N2O2/c1-11-4-6-13-17(9-11)28-16-7-5-12(21)10-15(16)26-8-2-3-14(18(13)26)25-19(27)20(22,23)24/h4-7,9-10,14,18H,2-3,8H2,1H3,(H,25,27). The Bertz CT molecular complexity index is 932. The zero-order chi connectivity index (χ0) is 20.1. The first-order chi connectivity index (χ1) is 13.2. The SMILES string of the molecule is Cc1ccc2c(c1)Oc1ccc(Cl)cc1N1CCCC(NC(=O)C(F)(F)F)C21. The number of nitrogens with zero attached hydrogens (tertiary/aromatic N) is 1. The van der Waals surface area contributed by atoms with Gasteiger partial charge in [0.05, 0.1) is 17.8 Å². The third-order valence-corrected chi connectivity index (χ3v) is 5.38. The van der Waals surface area contributed by atoms with Crippen LogP contribution in [0.4, 0.5) is 18.9 Å². The number of fused-ring (bicyclic) bond motifs is 5. The largest absolute Gasteiger partial charge is 0.471 e. The van der Waals surface area contributed by atoms with Gasteiger partial charge in [-0.25, -0.2) is 0 Å². The molecule has 0 bridgehead atoms. The third-order valence-electron chi connectivity index (χ3n) is 5.14. The van der Waals surface area contributed by atoms with Crippen LogP contribution in [0, 0.1) is 6.92 Å². The molecule has 2 unspecified atom stereocenters. The van der Waals surface area contributed by atoms with E-state index in [0.29, 0.717) is 41.6 Å². The highest BCUT2D eigenvalue weighted by molar-refractivity contribution is 6.31. The fourth-order valence-corrected chi connectivity index (χ4v) is 4.11. The van der Waals surface area contributed by atoms with Crippen LogP contribution in [0.5, 0.6) is 11.5 Å². The molecule has 2 aliphatic rings. The molecule has 4 rings (SSSR count). The van der Waals surface area contributed by atoms with Gasteiger partial charge in [0.2, 0.25) is 0 Å². The summed E-state index contributed by atoms with van der Waals surface area (Å²) in [6.07, 6.45) is -3.86. The summed E-state index contributed by atoms with van der Waals surface area (Å²) in [4.78, 5) is 13.6. The number of piperidine rings is 1. The number of hydrogen-bond acceptors (Lipinski definition) is 3. The van der Waals surface area contributed by atoms with Gasteiger partial charge in [-0.15, -0.1) is 0 Å². The minimum absolute atomic E-state index is 0.437. The second kappa shape index (κ2) is 6.88. The summed E-state index contributed by atoms with van der Waals surface area (Å²) in [6, 6.07) is 9.61. The van der Waals surface area contributed by atoms with Gasteiger partial charge in [-0.2, -0.15) is 13.2 Å². The van der Waals surface area contributed by atoms with Gasteiger partial charge in [-0.1, -0.05) is 23.7 Å². The molecule has 0 aliphatic carbocycles. The lowest BCUT2D eigenvalue weighted by Crippen LogP contribution is -2.52. The number of benzene rings is 2. The van der Waals surface area contributed by atoms with Crippen LogP contribution in [-0.4, -0.2) is 24.7 Å². The van der Waals surface area contributed by atoms with E-state index >= 15 is 0 Å². The highest BCUT2D eigenvalue weighted by Crippen LogP contribution is 2.48. The fraction of sp³-hybridized carbons (Fsp3) is 0.350. The van der Waals surface area contributed by atoms with Crippen LogP contribution in [0.25, 0.3) is 0 Å². The molecular formula is C20H18ClF3N2O2. The van der Waals surface area contributed by atoms with Crippen molar-refractivity contribution in [2.75, 3.05) is 11.4 Å². The predicted molar refractivity (Wildman–Crippen MR) is 100 cm³/mol. The van der Waals surface area contributed by atoms with Crippen molar-refractivity contribution in [2.45, 2.75) is 38.0 Å². The molecule has 4 nitrogen and oxygen atoms in total. The Morgan fingerprint density at radius 3 is 2.75 bits per heavy atom. The van der Waals surface area contributed by atoms with Gasteiger partial charge < -0.3 is 15.0 Å². The van der Waals surface area contributed by atoms with Crippen molar-refractivity contribution < 1.29 is 22.7 Å². The maximum atomic E-state index is 12.9. The van der Waals surface area contributed by atoms with Crippen LogP contribution in [0.1, 0.15) is 30.0 Å². The number of anilines is 1. The molecule has 28 heavy (non-hydrogen) atoms. The monoisotopic (exact) mass is 410 g/mol. The van der Waals surface area contributed by atoms with Crippen molar-refractivity contribution in [3.8, 4) is 11.5 Å². The molecule has 2 aromatic carbocycles. The molecule has 2 heterocycles. The van der Waals surface area contributed by atoms with E-state index < -0.39 is 24.2 Å². The maximum absolute atomic E-state index is 12.9. The number of rotatable bonds is 1. The molecule has 0 radical (unpaired) electrons. The quantitative estimate of drug-likeness (QED) is 0.707. The number of hydrogen-bond donors (Lipinski definition) is 1. The zero-order valence-electron chi connectivity index (χ0n) is 15.0. The Labute approximate surface area is 165 Å². The molecule has 0 saturated carbocycles. The van der Waals surface area contributed by atoms with Gasteiger partial charge >= 0.3 is 12.1 Å². The van der Waals surface area contributed by atoms with Gasteiger partial charge in [0, 0.05) is 17.1 Å². The fourth-order valence-electron chi connectivity index (χ4n) is 3.95. The Morgan fingerprint density at radius 2 is 2.00 bits per heavy atom. The number of aryl methyl sites for hydroxylation is 1. The van der Waals surface area contributed by atoms with E-state index in [9.17, 15) is 18.0 Å². The van der Waals surface area contributed by atoms with Crippen LogP contribution >= 0.6 is 11.6 Å². The average Bonchev–Trinajstić information content (AvgIpc) is 2.75. The molecule has 2 aliphatic heterocycles. The summed E-state index contributed by atoms with van der Waals surface area (Å²) in [6.45, 7) is 2.53. The van der Waals surface area contributed by atoms with Gasteiger partial charge in [0.25, 0.3) is 0 Å². The lowest BCUT2D eigenvalue weighted by molar-refractivity contribution is -0.174. The second-order valence-electron chi connectivity index (χ2n) is 7.11. The summed E-state index contributed by atoms with van der Waals surface area (Å²) >= 11 is 6.18. The van der Waals surface area contributed by atoms with E-state index in [1.54, 1.807) is 18.2 Å². The number of carbonyl (C=O) groups excluding carboxylic acids is 1. The zero-order valence-corrected chi connectivity index (χ0v) is 15.8. The predicted octanol–water partition coefficient (Wildman–Crippen LogP) is 5.14. The molecule has 1 fully saturated rings. The number of alkyl halides is 3. The van der Waals surface area contributed by atoms with Crippen molar-refractivity contribution in [3.63, 3.8) is 0 Å². The van der Waals surface area contributed by atoms with E-state index in [0.717, 1.165) is 11.1 Å². The lowest BCUT2D eigenvalue weighted by atomic mass is 9.89. The molecule has 8 heteroatoms. The first kappa shape index (κ1) is 18.9. The van der Waals surface area contributed by atoms with Crippen LogP contribution < -0.4 is 15.0 Å². The van der Waals surface area contributed by atoms with Crippen molar-refractivity contribution in [3.05, 3.63) is 52.5 Å².